The number of imide groups is 1. The van der Waals surface area contributed by atoms with Gasteiger partial charge in [-0.3, -0.25) is 19.8 Å². The van der Waals surface area contributed by atoms with Crippen LogP contribution in [0, 0.1) is 0 Å². The molecule has 0 unspecified atom stereocenters. The fourth-order valence-corrected chi connectivity index (χ4v) is 5.46. The van der Waals surface area contributed by atoms with E-state index in [1.807, 2.05) is 18.2 Å². The van der Waals surface area contributed by atoms with Gasteiger partial charge in [-0.15, -0.1) is 0 Å². The van der Waals surface area contributed by atoms with Crippen molar-refractivity contribution in [2.45, 2.75) is 12.1 Å². The number of pyridine rings is 1. The number of hydrogen-bond acceptors (Lipinski definition) is 9. The Morgan fingerprint density at radius 2 is 1.87 bits per heavy atom. The van der Waals surface area contributed by atoms with E-state index >= 15 is 0 Å². The molecule has 204 valence electrons. The number of furan rings is 1. The van der Waals surface area contributed by atoms with Gasteiger partial charge < -0.3 is 29.0 Å². The van der Waals surface area contributed by atoms with E-state index < -0.39 is 17.5 Å². The third kappa shape index (κ3) is 4.45. The molecule has 2 aromatic heterocycles. The monoisotopic (exact) mass is 534 g/mol. The van der Waals surface area contributed by atoms with Gasteiger partial charge in [-0.05, 0) is 29.8 Å². The molecule has 0 saturated carbocycles. The standard InChI is InChI=1S/C27H30N6O6/c1-37-12-11-31-7-9-32(10-8-31)23-6-5-21-20(28-23)14-22(39-21)27(25(35)29-26(36)30-27)16-33-15-17-3-4-18(38-2)13-19(17)24(33)34/h3-6,13-14H,7-12,15-16H2,1-2H3,(H2,29,30,35,36)/t27-/m0/s1. The number of fused-ring (bicyclic) bond motifs is 2. The van der Waals surface area contributed by atoms with E-state index in [0.717, 1.165) is 44.1 Å². The summed E-state index contributed by atoms with van der Waals surface area (Å²) in [5.74, 6) is 0.769. The smallest absolute Gasteiger partial charge is 0.322 e. The normalized spacial score (nSPS) is 21.4. The van der Waals surface area contributed by atoms with Crippen LogP contribution in [0.4, 0.5) is 10.6 Å². The van der Waals surface area contributed by atoms with Crippen LogP contribution in [-0.4, -0.2) is 92.7 Å². The summed E-state index contributed by atoms with van der Waals surface area (Å²) < 4.78 is 16.5. The van der Waals surface area contributed by atoms with Crippen molar-refractivity contribution in [3.05, 3.63) is 53.3 Å². The molecule has 2 fully saturated rings. The Balaban J connectivity index is 1.26. The van der Waals surface area contributed by atoms with Crippen LogP contribution in [0.2, 0.25) is 0 Å². The highest BCUT2D eigenvalue weighted by Crippen LogP contribution is 2.35. The maximum absolute atomic E-state index is 13.3. The fourth-order valence-electron chi connectivity index (χ4n) is 5.46. The average Bonchev–Trinajstić information content (AvgIpc) is 3.60. The van der Waals surface area contributed by atoms with E-state index in [0.29, 0.717) is 35.6 Å². The summed E-state index contributed by atoms with van der Waals surface area (Å²) in [6.45, 7) is 5.28. The first-order valence-electron chi connectivity index (χ1n) is 12.9. The number of carbonyl (C=O) groups is 3. The molecule has 2 N–H and O–H groups in total. The molecular weight excluding hydrogens is 504 g/mol. The van der Waals surface area contributed by atoms with Crippen LogP contribution in [0.25, 0.3) is 11.1 Å². The zero-order chi connectivity index (χ0) is 27.1. The Kier molecular flexibility index (Phi) is 6.35. The number of piperazine rings is 1. The molecule has 3 aromatic rings. The van der Waals surface area contributed by atoms with Crippen LogP contribution in [0.5, 0.6) is 5.75 Å². The summed E-state index contributed by atoms with van der Waals surface area (Å²) in [5.41, 5.74) is 0.790. The lowest BCUT2D eigenvalue weighted by atomic mass is 9.95. The number of nitrogens with zero attached hydrogens (tertiary/aromatic N) is 4. The SMILES string of the molecule is COCCN1CCN(c2ccc3oc([C@]4(CN5Cc6ccc(OC)cc6C5=O)NC(=O)NC4=O)cc3n2)CC1. The quantitative estimate of drug-likeness (QED) is 0.411. The molecule has 0 spiro atoms. The summed E-state index contributed by atoms with van der Waals surface area (Å²) in [7, 11) is 3.25. The van der Waals surface area contributed by atoms with E-state index in [-0.39, 0.29) is 18.2 Å². The van der Waals surface area contributed by atoms with Gasteiger partial charge >= 0.3 is 6.03 Å². The van der Waals surface area contributed by atoms with Gasteiger partial charge in [0.05, 0.1) is 20.3 Å². The lowest BCUT2D eigenvalue weighted by Crippen LogP contribution is -2.52. The number of ether oxygens (including phenoxy) is 2. The van der Waals surface area contributed by atoms with Crippen LogP contribution in [0.1, 0.15) is 21.7 Å². The zero-order valence-electron chi connectivity index (χ0n) is 21.9. The molecule has 0 aliphatic carbocycles. The van der Waals surface area contributed by atoms with Crippen molar-refractivity contribution in [2.75, 3.05) is 65.0 Å². The predicted octanol–water partition coefficient (Wildman–Crippen LogP) is 1.30. The minimum absolute atomic E-state index is 0.101. The van der Waals surface area contributed by atoms with Crippen LogP contribution >= 0.6 is 0 Å². The second-order valence-electron chi connectivity index (χ2n) is 9.98. The minimum atomic E-state index is -1.59. The van der Waals surface area contributed by atoms with E-state index in [9.17, 15) is 14.4 Å². The molecule has 0 radical (unpaired) electrons. The van der Waals surface area contributed by atoms with Crippen LogP contribution in [0.3, 0.4) is 0 Å². The molecule has 5 heterocycles. The molecule has 12 heteroatoms. The van der Waals surface area contributed by atoms with Crippen molar-refractivity contribution in [1.82, 2.24) is 25.4 Å². The molecule has 2 saturated heterocycles. The van der Waals surface area contributed by atoms with E-state index in [2.05, 4.69) is 20.4 Å². The fraction of sp³-hybridized carbons (Fsp3) is 0.407. The molecule has 1 atom stereocenters. The Bertz CT molecular complexity index is 1450. The molecule has 6 rings (SSSR count). The number of amides is 4. The highest BCUT2D eigenvalue weighted by molar-refractivity contribution is 6.08. The van der Waals surface area contributed by atoms with E-state index in [1.165, 1.54) is 12.0 Å². The summed E-state index contributed by atoms with van der Waals surface area (Å²) in [6.07, 6.45) is 0. The van der Waals surface area contributed by atoms with Crippen molar-refractivity contribution in [3.63, 3.8) is 0 Å². The average molecular weight is 535 g/mol. The molecule has 3 aliphatic heterocycles. The number of benzene rings is 1. The predicted molar refractivity (Wildman–Crippen MR) is 141 cm³/mol. The highest BCUT2D eigenvalue weighted by Gasteiger charge is 2.53. The summed E-state index contributed by atoms with van der Waals surface area (Å²) in [4.78, 5) is 49.7. The third-order valence-corrected chi connectivity index (χ3v) is 7.65. The van der Waals surface area contributed by atoms with E-state index in [1.54, 1.807) is 25.3 Å². The zero-order valence-corrected chi connectivity index (χ0v) is 21.9. The van der Waals surface area contributed by atoms with Crippen molar-refractivity contribution in [2.24, 2.45) is 0 Å². The molecule has 1 aromatic carbocycles. The first-order valence-corrected chi connectivity index (χ1v) is 12.9. The Morgan fingerprint density at radius 3 is 2.59 bits per heavy atom. The minimum Gasteiger partial charge on any atom is -0.497 e. The summed E-state index contributed by atoms with van der Waals surface area (Å²) >= 11 is 0. The van der Waals surface area contributed by atoms with Crippen molar-refractivity contribution < 1.29 is 28.3 Å². The van der Waals surface area contributed by atoms with Gasteiger partial charge in [0.2, 0.25) is 0 Å². The van der Waals surface area contributed by atoms with Gasteiger partial charge in [0.15, 0.2) is 11.1 Å². The van der Waals surface area contributed by atoms with Gasteiger partial charge in [-0.2, -0.15) is 0 Å². The maximum atomic E-state index is 13.3. The molecule has 0 bridgehead atoms. The lowest BCUT2D eigenvalue weighted by molar-refractivity contribution is -0.125. The number of aromatic nitrogens is 1. The first-order chi connectivity index (χ1) is 18.9. The Hall–Kier alpha value is -4.16. The molecule has 3 aliphatic rings. The van der Waals surface area contributed by atoms with Crippen molar-refractivity contribution in [3.8, 4) is 5.75 Å². The van der Waals surface area contributed by atoms with Crippen LogP contribution in [-0.2, 0) is 21.6 Å². The number of urea groups is 1. The van der Waals surface area contributed by atoms with Crippen molar-refractivity contribution in [1.29, 1.82) is 0 Å². The highest BCUT2D eigenvalue weighted by atomic mass is 16.5. The topological polar surface area (TPSA) is 129 Å². The lowest BCUT2D eigenvalue weighted by Gasteiger charge is -2.35. The van der Waals surface area contributed by atoms with Gasteiger partial charge in [-0.25, -0.2) is 9.78 Å². The second-order valence-corrected chi connectivity index (χ2v) is 9.98. The van der Waals surface area contributed by atoms with Crippen LogP contribution in [0.15, 0.2) is 40.8 Å². The number of rotatable bonds is 8. The number of nitrogens with one attached hydrogen (secondary N) is 2. The van der Waals surface area contributed by atoms with Gasteiger partial charge in [0.25, 0.3) is 11.8 Å². The molecule has 39 heavy (non-hydrogen) atoms. The number of carbonyl (C=O) groups excluding carboxylic acids is 3. The second kappa shape index (κ2) is 9.86. The summed E-state index contributed by atoms with van der Waals surface area (Å²) in [5, 5.41) is 5.04. The maximum Gasteiger partial charge on any atom is 0.322 e. The number of anilines is 1. The van der Waals surface area contributed by atoms with Crippen LogP contribution < -0.4 is 20.3 Å². The molecular formula is C27H30N6O6. The largest absolute Gasteiger partial charge is 0.497 e. The number of hydrogen-bond donors (Lipinski definition) is 2. The molecule has 12 nitrogen and oxygen atoms in total. The molecule has 4 amide bonds. The summed E-state index contributed by atoms with van der Waals surface area (Å²) in [6, 6.07) is 10.1. The Labute approximate surface area is 224 Å². The van der Waals surface area contributed by atoms with E-state index in [4.69, 9.17) is 18.9 Å². The van der Waals surface area contributed by atoms with Gasteiger partial charge in [0.1, 0.15) is 22.8 Å². The van der Waals surface area contributed by atoms with Gasteiger partial charge in [0, 0.05) is 58.0 Å². The third-order valence-electron chi connectivity index (χ3n) is 7.65. The van der Waals surface area contributed by atoms with Crippen molar-refractivity contribution >= 4 is 34.8 Å². The first kappa shape index (κ1) is 25.1. The Morgan fingerprint density at radius 1 is 1.05 bits per heavy atom. The number of methoxy groups -OCH3 is 2. The van der Waals surface area contributed by atoms with Gasteiger partial charge in [-0.1, -0.05) is 6.07 Å².